The summed E-state index contributed by atoms with van der Waals surface area (Å²) in [5.41, 5.74) is 0.864. The molecule has 176 valence electrons. The third kappa shape index (κ3) is 5.12. The molecule has 2 N–H and O–H groups in total. The zero-order valence-corrected chi connectivity index (χ0v) is 19.0. The Balaban J connectivity index is 2.05. The molecule has 0 aromatic heterocycles. The van der Waals surface area contributed by atoms with Crippen LogP contribution in [0.15, 0.2) is 48.0 Å². The quantitative estimate of drug-likeness (QED) is 0.244. The number of benzene rings is 2. The number of unbranched alkanes of at least 4 members (excludes halogenated alkanes) is 1. The van der Waals surface area contributed by atoms with Crippen molar-refractivity contribution in [3.63, 3.8) is 0 Å². The molecule has 8 heteroatoms. The molecule has 0 bridgehead atoms. The van der Waals surface area contributed by atoms with Crippen molar-refractivity contribution in [3.8, 4) is 17.2 Å². The number of hydrogen-bond acceptors (Lipinski definition) is 7. The monoisotopic (exact) mass is 455 g/mol. The standard InChI is InChI=1S/C25H29NO7/c1-4-5-13-33-18-9-6-16(7-10-18)23(28)21-22(17-8-11-19(27)20(15-17)32-3)26(12-14-31-2)25(30)24(21)29/h6-11,15,22,27-28H,4-5,12-14H2,1-3H3/t22-/m1/s1. The molecule has 0 saturated carbocycles. The molecular formula is C25H29NO7. The summed E-state index contributed by atoms with van der Waals surface area (Å²) in [6.45, 7) is 3.03. The minimum Gasteiger partial charge on any atom is -0.507 e. The van der Waals surface area contributed by atoms with E-state index in [0.717, 1.165) is 12.8 Å². The van der Waals surface area contributed by atoms with Gasteiger partial charge in [-0.05, 0) is 48.4 Å². The number of aliphatic hydroxyl groups excluding tert-OH is 1. The first-order valence-electron chi connectivity index (χ1n) is 10.8. The van der Waals surface area contributed by atoms with Gasteiger partial charge in [0.05, 0.1) is 31.9 Å². The summed E-state index contributed by atoms with van der Waals surface area (Å²) >= 11 is 0. The fraction of sp³-hybridized carbons (Fsp3) is 0.360. The van der Waals surface area contributed by atoms with Gasteiger partial charge in [0.1, 0.15) is 11.5 Å². The van der Waals surface area contributed by atoms with E-state index in [1.165, 1.54) is 25.2 Å². The van der Waals surface area contributed by atoms with Crippen LogP contribution in [0.2, 0.25) is 0 Å². The lowest BCUT2D eigenvalue weighted by atomic mass is 9.95. The average Bonchev–Trinajstić information content (AvgIpc) is 3.08. The summed E-state index contributed by atoms with van der Waals surface area (Å²) in [5.74, 6) is -1.04. The molecule has 3 rings (SSSR count). The zero-order chi connectivity index (χ0) is 24.0. The molecule has 0 spiro atoms. The van der Waals surface area contributed by atoms with Gasteiger partial charge in [0.2, 0.25) is 0 Å². The molecule has 33 heavy (non-hydrogen) atoms. The van der Waals surface area contributed by atoms with E-state index in [2.05, 4.69) is 6.92 Å². The number of hydrogen-bond donors (Lipinski definition) is 2. The number of Topliss-reactive ketones (excluding diaryl/α,β-unsaturated/α-hetero) is 1. The second kappa shape index (κ2) is 10.9. The minimum absolute atomic E-state index is 0.0384. The lowest BCUT2D eigenvalue weighted by Crippen LogP contribution is -2.32. The SMILES string of the molecule is CCCCOc1ccc(C(O)=C2C(=O)C(=O)N(CCOC)[C@@H]2c2ccc(O)c(OC)c2)cc1. The van der Waals surface area contributed by atoms with Crippen molar-refractivity contribution in [1.82, 2.24) is 4.90 Å². The molecule has 0 unspecified atom stereocenters. The normalized spacial score (nSPS) is 17.4. The Morgan fingerprint density at radius 3 is 2.42 bits per heavy atom. The smallest absolute Gasteiger partial charge is 0.295 e. The van der Waals surface area contributed by atoms with Crippen molar-refractivity contribution in [2.24, 2.45) is 0 Å². The molecule has 8 nitrogen and oxygen atoms in total. The summed E-state index contributed by atoms with van der Waals surface area (Å²) in [5, 5.41) is 21.1. The molecule has 0 aliphatic carbocycles. The van der Waals surface area contributed by atoms with E-state index in [0.29, 0.717) is 23.5 Å². The van der Waals surface area contributed by atoms with Crippen LogP contribution in [0.5, 0.6) is 17.2 Å². The fourth-order valence-corrected chi connectivity index (χ4v) is 3.71. The van der Waals surface area contributed by atoms with Crippen LogP contribution < -0.4 is 9.47 Å². The molecular weight excluding hydrogens is 426 g/mol. The van der Waals surface area contributed by atoms with E-state index in [9.17, 15) is 19.8 Å². The third-order valence-electron chi connectivity index (χ3n) is 5.49. The number of aromatic hydroxyl groups is 1. The van der Waals surface area contributed by atoms with Crippen molar-refractivity contribution in [2.45, 2.75) is 25.8 Å². The van der Waals surface area contributed by atoms with Crippen LogP contribution in [0, 0.1) is 0 Å². The highest BCUT2D eigenvalue weighted by Gasteiger charge is 2.46. The van der Waals surface area contributed by atoms with Gasteiger partial charge in [-0.25, -0.2) is 0 Å². The first kappa shape index (κ1) is 24.1. The molecule has 1 heterocycles. The highest BCUT2D eigenvalue weighted by Crippen LogP contribution is 2.41. The number of ether oxygens (including phenoxy) is 3. The van der Waals surface area contributed by atoms with Gasteiger partial charge in [-0.3, -0.25) is 9.59 Å². The van der Waals surface area contributed by atoms with Gasteiger partial charge in [-0.15, -0.1) is 0 Å². The molecule has 1 aliphatic rings. The maximum Gasteiger partial charge on any atom is 0.295 e. The van der Waals surface area contributed by atoms with E-state index < -0.39 is 17.7 Å². The molecule has 0 radical (unpaired) electrons. The van der Waals surface area contributed by atoms with Crippen LogP contribution in [-0.2, 0) is 14.3 Å². The van der Waals surface area contributed by atoms with E-state index in [-0.39, 0.29) is 36.0 Å². The van der Waals surface area contributed by atoms with Crippen molar-refractivity contribution < 1.29 is 34.0 Å². The molecule has 1 atom stereocenters. The first-order chi connectivity index (χ1) is 15.9. The fourth-order valence-electron chi connectivity index (χ4n) is 3.71. The summed E-state index contributed by atoms with van der Waals surface area (Å²) in [7, 11) is 2.91. The largest absolute Gasteiger partial charge is 0.507 e. The topological polar surface area (TPSA) is 106 Å². The number of rotatable bonds is 10. The average molecular weight is 456 g/mol. The van der Waals surface area contributed by atoms with Gasteiger partial charge in [-0.1, -0.05) is 19.4 Å². The number of aliphatic hydroxyl groups is 1. The van der Waals surface area contributed by atoms with Gasteiger partial charge in [0.25, 0.3) is 11.7 Å². The maximum absolute atomic E-state index is 13.0. The summed E-state index contributed by atoms with van der Waals surface area (Å²) in [6.07, 6.45) is 1.95. The van der Waals surface area contributed by atoms with Gasteiger partial charge in [0, 0.05) is 19.2 Å². The number of phenols is 1. The number of ketones is 1. The number of likely N-dealkylation sites (tertiary alicyclic amines) is 1. The van der Waals surface area contributed by atoms with Crippen molar-refractivity contribution in [3.05, 3.63) is 59.2 Å². The molecule has 1 fully saturated rings. The molecule has 1 aliphatic heterocycles. The van der Waals surface area contributed by atoms with Gasteiger partial charge >= 0.3 is 0 Å². The second-order valence-electron chi connectivity index (χ2n) is 7.64. The highest BCUT2D eigenvalue weighted by molar-refractivity contribution is 6.46. The lowest BCUT2D eigenvalue weighted by Gasteiger charge is -2.25. The third-order valence-corrected chi connectivity index (χ3v) is 5.49. The number of amides is 1. The van der Waals surface area contributed by atoms with Crippen LogP contribution in [0.1, 0.15) is 36.9 Å². The predicted octanol–water partition coefficient (Wildman–Crippen LogP) is 3.65. The Hall–Kier alpha value is -3.52. The Kier molecular flexibility index (Phi) is 7.95. The Morgan fingerprint density at radius 1 is 1.06 bits per heavy atom. The van der Waals surface area contributed by atoms with E-state index in [1.54, 1.807) is 36.4 Å². The summed E-state index contributed by atoms with van der Waals surface area (Å²) in [4.78, 5) is 27.2. The van der Waals surface area contributed by atoms with Crippen LogP contribution in [0.4, 0.5) is 0 Å². The molecule has 1 amide bonds. The summed E-state index contributed by atoms with van der Waals surface area (Å²) in [6, 6.07) is 10.4. The zero-order valence-electron chi connectivity index (χ0n) is 19.0. The van der Waals surface area contributed by atoms with E-state index in [1.807, 2.05) is 0 Å². The van der Waals surface area contributed by atoms with Crippen molar-refractivity contribution in [2.75, 3.05) is 34.0 Å². The number of carbonyl (C=O) groups is 2. The number of methoxy groups -OCH3 is 2. The van der Waals surface area contributed by atoms with Gasteiger partial charge in [-0.2, -0.15) is 0 Å². The maximum atomic E-state index is 13.0. The molecule has 2 aromatic carbocycles. The van der Waals surface area contributed by atoms with Crippen LogP contribution in [-0.4, -0.2) is 60.8 Å². The summed E-state index contributed by atoms with van der Waals surface area (Å²) < 4.78 is 16.0. The van der Waals surface area contributed by atoms with Crippen molar-refractivity contribution >= 4 is 17.4 Å². The van der Waals surface area contributed by atoms with Crippen LogP contribution >= 0.6 is 0 Å². The second-order valence-corrected chi connectivity index (χ2v) is 7.64. The van der Waals surface area contributed by atoms with E-state index in [4.69, 9.17) is 14.2 Å². The van der Waals surface area contributed by atoms with Gasteiger partial charge in [0.15, 0.2) is 11.5 Å². The molecule has 1 saturated heterocycles. The molecule has 2 aromatic rings. The Bertz CT molecular complexity index is 1030. The van der Waals surface area contributed by atoms with Gasteiger partial charge < -0.3 is 29.3 Å². The van der Waals surface area contributed by atoms with Crippen LogP contribution in [0.25, 0.3) is 5.76 Å². The van der Waals surface area contributed by atoms with Crippen molar-refractivity contribution in [1.29, 1.82) is 0 Å². The van der Waals surface area contributed by atoms with Crippen LogP contribution in [0.3, 0.4) is 0 Å². The highest BCUT2D eigenvalue weighted by atomic mass is 16.5. The minimum atomic E-state index is -0.866. The lowest BCUT2D eigenvalue weighted by molar-refractivity contribution is -0.140. The number of nitrogens with zero attached hydrogens (tertiary/aromatic N) is 1. The Morgan fingerprint density at radius 2 is 1.79 bits per heavy atom. The number of carbonyl (C=O) groups excluding carboxylic acids is 2. The number of phenolic OH excluding ortho intramolecular Hbond substituents is 1. The first-order valence-corrected chi connectivity index (χ1v) is 10.8. The van der Waals surface area contributed by atoms with E-state index >= 15 is 0 Å². The Labute approximate surface area is 193 Å². The predicted molar refractivity (Wildman–Crippen MR) is 122 cm³/mol.